The summed E-state index contributed by atoms with van der Waals surface area (Å²) in [6.45, 7) is 1.19. The molecule has 4 rings (SSSR count). The number of halogens is 4. The fourth-order valence-electron chi connectivity index (χ4n) is 5.40. The van der Waals surface area contributed by atoms with E-state index in [1.165, 1.54) is 19.1 Å². The minimum atomic E-state index is -4.08. The van der Waals surface area contributed by atoms with Crippen molar-refractivity contribution >= 4 is 38.9 Å². The monoisotopic (exact) mass is 574 g/mol. The Labute approximate surface area is 222 Å². The van der Waals surface area contributed by atoms with E-state index < -0.39 is 67.9 Å². The number of benzene rings is 2. The SMILES string of the molecule is C[C@H](O)C(=O)NCC1(O)C2CCC1CC(S(=O)(=O)c1cc(C(=O)Nc3cc(F)c(F)c(F)c3)ccc1Cl)C2. The summed E-state index contributed by atoms with van der Waals surface area (Å²) in [5, 5.41) is 24.4. The summed E-state index contributed by atoms with van der Waals surface area (Å²) >= 11 is 6.21. The first-order valence-corrected chi connectivity index (χ1v) is 13.8. The van der Waals surface area contributed by atoms with Crippen LogP contribution in [-0.4, -0.2) is 53.9 Å². The molecule has 0 saturated heterocycles. The van der Waals surface area contributed by atoms with Crippen molar-refractivity contribution in [1.82, 2.24) is 5.32 Å². The van der Waals surface area contributed by atoms with Gasteiger partial charge in [0.1, 0.15) is 6.10 Å². The summed E-state index contributed by atoms with van der Waals surface area (Å²) in [4.78, 5) is 24.2. The van der Waals surface area contributed by atoms with Crippen molar-refractivity contribution in [2.24, 2.45) is 11.8 Å². The molecule has 2 saturated carbocycles. The van der Waals surface area contributed by atoms with E-state index in [9.17, 15) is 41.4 Å². The molecule has 2 aliphatic carbocycles. The zero-order valence-electron chi connectivity index (χ0n) is 20.2. The van der Waals surface area contributed by atoms with E-state index in [1.54, 1.807) is 0 Å². The molecular formula is C25H26ClF3N2O6S. The van der Waals surface area contributed by atoms with Crippen molar-refractivity contribution < 1.29 is 41.4 Å². The van der Waals surface area contributed by atoms with E-state index in [2.05, 4.69) is 10.6 Å². The minimum absolute atomic E-state index is 0.0980. The Balaban J connectivity index is 1.54. The molecule has 4 N–H and O–H groups in total. The van der Waals surface area contributed by atoms with Gasteiger partial charge in [-0.05, 0) is 62.6 Å². The Morgan fingerprint density at radius 2 is 1.68 bits per heavy atom. The Morgan fingerprint density at radius 3 is 2.24 bits per heavy atom. The van der Waals surface area contributed by atoms with Crippen LogP contribution in [0.5, 0.6) is 0 Å². The molecule has 2 bridgehead atoms. The van der Waals surface area contributed by atoms with E-state index >= 15 is 0 Å². The summed E-state index contributed by atoms with van der Waals surface area (Å²) in [6, 6.07) is 4.70. The summed E-state index contributed by atoms with van der Waals surface area (Å²) in [6.07, 6.45) is 0.0551. The Bertz CT molecular complexity index is 1350. The second-order valence-electron chi connectivity index (χ2n) is 9.85. The summed E-state index contributed by atoms with van der Waals surface area (Å²) < 4.78 is 67.4. The van der Waals surface area contributed by atoms with Crippen molar-refractivity contribution in [3.8, 4) is 0 Å². The zero-order valence-corrected chi connectivity index (χ0v) is 21.8. The lowest BCUT2D eigenvalue weighted by atomic mass is 9.74. The molecule has 2 fully saturated rings. The van der Waals surface area contributed by atoms with Crippen LogP contribution in [0.3, 0.4) is 0 Å². The maximum Gasteiger partial charge on any atom is 0.255 e. The van der Waals surface area contributed by atoms with Crippen LogP contribution in [0.15, 0.2) is 35.2 Å². The van der Waals surface area contributed by atoms with Gasteiger partial charge in [-0.1, -0.05) is 11.6 Å². The van der Waals surface area contributed by atoms with Crippen molar-refractivity contribution in [3.05, 3.63) is 58.4 Å². The van der Waals surface area contributed by atoms with E-state index in [4.69, 9.17) is 11.6 Å². The van der Waals surface area contributed by atoms with Gasteiger partial charge >= 0.3 is 0 Å². The highest BCUT2D eigenvalue weighted by molar-refractivity contribution is 7.92. The third-order valence-electron chi connectivity index (χ3n) is 7.48. The zero-order chi connectivity index (χ0) is 28.0. The molecule has 3 atom stereocenters. The summed E-state index contributed by atoms with van der Waals surface area (Å²) in [5.74, 6) is -7.08. The van der Waals surface area contributed by atoms with Crippen LogP contribution in [0.4, 0.5) is 18.9 Å². The van der Waals surface area contributed by atoms with Crippen LogP contribution >= 0.6 is 11.6 Å². The molecule has 2 aliphatic rings. The molecule has 2 aromatic carbocycles. The fourth-order valence-corrected chi connectivity index (χ4v) is 7.80. The molecule has 0 radical (unpaired) electrons. The number of carbonyl (C=O) groups is 2. The highest BCUT2D eigenvalue weighted by atomic mass is 35.5. The Hall–Kier alpha value is -2.67. The van der Waals surface area contributed by atoms with Crippen LogP contribution in [0.1, 0.15) is 43.0 Å². The highest BCUT2D eigenvalue weighted by Gasteiger charge is 2.55. The van der Waals surface area contributed by atoms with Gasteiger partial charge in [-0.25, -0.2) is 21.6 Å². The van der Waals surface area contributed by atoms with Gasteiger partial charge in [0, 0.05) is 29.9 Å². The molecule has 2 amide bonds. The predicted molar refractivity (Wildman–Crippen MR) is 132 cm³/mol. The lowest BCUT2D eigenvalue weighted by molar-refractivity contribution is -0.131. The van der Waals surface area contributed by atoms with Gasteiger partial charge in [0.2, 0.25) is 5.91 Å². The minimum Gasteiger partial charge on any atom is -0.387 e. The van der Waals surface area contributed by atoms with Gasteiger partial charge < -0.3 is 20.8 Å². The van der Waals surface area contributed by atoms with Crippen LogP contribution in [0.25, 0.3) is 0 Å². The maximum absolute atomic E-state index is 13.6. The fraction of sp³-hybridized carbons (Fsp3) is 0.440. The number of hydrogen-bond donors (Lipinski definition) is 4. The number of aliphatic hydroxyl groups excluding tert-OH is 1. The number of anilines is 1. The van der Waals surface area contributed by atoms with Gasteiger partial charge in [-0.2, -0.15) is 0 Å². The molecule has 2 aromatic rings. The van der Waals surface area contributed by atoms with Crippen LogP contribution < -0.4 is 10.6 Å². The number of carbonyl (C=O) groups excluding carboxylic acids is 2. The highest BCUT2D eigenvalue weighted by Crippen LogP contribution is 2.52. The molecule has 0 aliphatic heterocycles. The first kappa shape index (κ1) is 28.3. The topological polar surface area (TPSA) is 133 Å². The summed E-state index contributed by atoms with van der Waals surface area (Å²) in [7, 11) is -4.08. The van der Waals surface area contributed by atoms with Crippen LogP contribution in [-0.2, 0) is 14.6 Å². The molecule has 0 heterocycles. The number of nitrogens with one attached hydrogen (secondary N) is 2. The second kappa shape index (κ2) is 10.5. The number of hydrogen-bond acceptors (Lipinski definition) is 6. The number of rotatable bonds is 7. The van der Waals surface area contributed by atoms with Crippen molar-refractivity contribution in [2.45, 2.75) is 54.5 Å². The predicted octanol–water partition coefficient (Wildman–Crippen LogP) is 3.20. The molecule has 8 nitrogen and oxygen atoms in total. The Morgan fingerprint density at radius 1 is 1.11 bits per heavy atom. The number of sulfone groups is 1. The molecular weight excluding hydrogens is 549 g/mol. The average molecular weight is 575 g/mol. The third-order valence-corrected chi connectivity index (χ3v) is 10.1. The van der Waals surface area contributed by atoms with Crippen molar-refractivity contribution in [3.63, 3.8) is 0 Å². The molecule has 2 unspecified atom stereocenters. The molecule has 38 heavy (non-hydrogen) atoms. The quantitative estimate of drug-likeness (QED) is 0.376. The van der Waals surface area contributed by atoms with Gasteiger partial charge in [-0.15, -0.1) is 0 Å². The largest absolute Gasteiger partial charge is 0.387 e. The first-order chi connectivity index (χ1) is 17.7. The molecule has 0 aromatic heterocycles. The van der Waals surface area contributed by atoms with E-state index in [1.807, 2.05) is 0 Å². The van der Waals surface area contributed by atoms with Gasteiger partial charge in [0.15, 0.2) is 27.3 Å². The van der Waals surface area contributed by atoms with Crippen molar-refractivity contribution in [1.29, 1.82) is 0 Å². The molecule has 0 spiro atoms. The normalized spacial score (nSPS) is 25.6. The van der Waals surface area contributed by atoms with Gasteiger partial charge in [0.25, 0.3) is 5.91 Å². The molecule has 206 valence electrons. The van der Waals surface area contributed by atoms with Gasteiger partial charge in [0.05, 0.1) is 20.8 Å². The van der Waals surface area contributed by atoms with E-state index in [0.29, 0.717) is 25.0 Å². The van der Waals surface area contributed by atoms with Crippen molar-refractivity contribution in [2.75, 3.05) is 11.9 Å². The number of aliphatic hydroxyl groups is 2. The lowest BCUT2D eigenvalue weighted by Crippen LogP contribution is -2.55. The smallest absolute Gasteiger partial charge is 0.255 e. The average Bonchev–Trinajstić information content (AvgIpc) is 3.01. The summed E-state index contributed by atoms with van der Waals surface area (Å²) in [5.41, 5.74) is -1.84. The van der Waals surface area contributed by atoms with Gasteiger partial charge in [-0.3, -0.25) is 9.59 Å². The number of amides is 2. The molecule has 13 heteroatoms. The lowest BCUT2D eigenvalue weighted by Gasteiger charge is -2.42. The number of fused-ring (bicyclic) bond motifs is 2. The second-order valence-corrected chi connectivity index (χ2v) is 12.5. The third kappa shape index (κ3) is 5.27. The van der Waals surface area contributed by atoms with Crippen LogP contribution in [0.2, 0.25) is 5.02 Å². The van der Waals surface area contributed by atoms with Crippen LogP contribution in [0, 0.1) is 29.3 Å². The standard InChI is InChI=1S/C25H26ClF3N2O6S/c1-12(32)23(33)30-11-25(35)14-3-4-15(25)8-17(7-14)38(36,37)21-6-13(2-5-18(21)26)24(34)31-16-9-19(27)22(29)20(28)10-16/h2,5-6,9-10,12,14-15,17,32,35H,3-4,7-8,11H2,1H3,(H,30,33)(H,31,34)/t12-,14?,15?,17?,25?/m0/s1. The first-order valence-electron chi connectivity index (χ1n) is 11.9. The van der Waals surface area contributed by atoms with E-state index in [-0.39, 0.29) is 40.6 Å². The van der Waals surface area contributed by atoms with E-state index in [0.717, 1.165) is 6.07 Å². The Kier molecular flexibility index (Phi) is 7.81. The maximum atomic E-state index is 13.6.